The normalized spacial score (nSPS) is 18.5. The molecule has 0 fully saturated rings. The zero-order chi connectivity index (χ0) is 69.6. The quantitative estimate of drug-likeness (QED) is 0.00684. The van der Waals surface area contributed by atoms with Gasteiger partial charge in [-0.2, -0.15) is 8.42 Å². The lowest BCUT2D eigenvalue weighted by Gasteiger charge is -2.25. The minimum Gasteiger partial charge on any atom is -0.478 e. The van der Waals surface area contributed by atoms with Crippen LogP contribution in [0.2, 0.25) is 0 Å². The van der Waals surface area contributed by atoms with Crippen molar-refractivity contribution in [2.24, 2.45) is 28.5 Å². The van der Waals surface area contributed by atoms with Crippen LogP contribution in [0.25, 0.3) is 0 Å². The van der Waals surface area contributed by atoms with Crippen LogP contribution in [-0.4, -0.2) is 183 Å². The number of pyridine rings is 1. The first-order valence-electron chi connectivity index (χ1n) is 31.2. The van der Waals surface area contributed by atoms with E-state index >= 15 is 0 Å². The number of ketones is 1. The van der Waals surface area contributed by atoms with Crippen LogP contribution in [0.15, 0.2) is 187 Å². The van der Waals surface area contributed by atoms with Gasteiger partial charge in [0.05, 0.1) is 73.2 Å². The SMILES string of the molecule is CC(=CC=CC=CCCC=CC(C)C(O)C(C)C(O)C=CC=CC=CC=CC=CC=CCC(OS(=O)(=O)O)C(C)C(=O)CC(O)CC(O)C=CCC(O)CC(O)CC(O)C=CCC(O)CC(O)C=CCC(O)CC(O)CCCN=C(N)NC(=O)c1ccccn1)C(=O)O. The van der Waals surface area contributed by atoms with E-state index in [9.17, 15) is 83.5 Å². The number of aromatic nitrogens is 1. The minimum absolute atomic E-state index is 0.00905. The Bertz CT molecular complexity index is 2840. The fourth-order valence-electron chi connectivity index (χ4n) is 8.78. The van der Waals surface area contributed by atoms with Gasteiger partial charge in [0.15, 0.2) is 5.96 Å². The Hall–Kier alpha value is -6.72. The maximum atomic E-state index is 13.1. The molecule has 15 unspecified atom stereocenters. The van der Waals surface area contributed by atoms with E-state index < -0.39 is 120 Å². The number of nitrogens with two attached hydrogens (primary N) is 1. The molecule has 0 aromatic carbocycles. The van der Waals surface area contributed by atoms with Crippen molar-refractivity contribution < 1.29 is 92.8 Å². The van der Waals surface area contributed by atoms with E-state index in [0.29, 0.717) is 12.8 Å². The lowest BCUT2D eigenvalue weighted by molar-refractivity contribution is -0.132. The Morgan fingerprint density at radius 2 is 1.11 bits per heavy atom. The molecule has 0 aliphatic carbocycles. The minimum atomic E-state index is -4.97. The Balaban J connectivity index is 2.43. The molecular weight excluding hydrogens is 1220 g/mol. The number of nitrogens with zero attached hydrogens (tertiary/aromatic N) is 2. The number of carboxylic acid groups (broad SMARTS) is 1. The number of hydrogen-bond donors (Lipinski definition) is 15. The number of aliphatic hydroxyl groups is 11. The maximum Gasteiger partial charge on any atom is 0.397 e. The lowest BCUT2D eigenvalue weighted by Crippen LogP contribution is -2.37. The standard InChI is InChI=1S/C69H102N4O19S/c1-49(29-19-15-11-10-12-16-20-30-50(2)68(87)88)66(85)52(4)63(83)39-21-17-13-8-6-5-7-9-14-18-22-40-65(92-93(89,90)91)51(3)64(84)48-61(82)47-58(79)36-27-35-57(78)46-60(81)45-56(77)34-26-33-54(75)43-53(74)31-25-32-55(76)44-59(80)37-28-42-72-69(70)73-67(86)62-38-23-24-41-71-62/h5-10,12-14,16-27,29-31,34,36,38-39,41,49,51-61,63,65-66,74-83,85H,11,15,28,32-33,35,37,40,42-48H2,1-4H3,(H,87,88)(H,89,90,91)(H3,70,72,73,86). The highest BCUT2D eigenvalue weighted by atomic mass is 32.3. The molecule has 24 heteroatoms. The second kappa shape index (κ2) is 49.8. The van der Waals surface area contributed by atoms with Gasteiger partial charge in [-0.3, -0.25) is 29.4 Å². The third-order valence-corrected chi connectivity index (χ3v) is 14.7. The molecule has 0 aliphatic rings. The van der Waals surface area contributed by atoms with Crippen LogP contribution >= 0.6 is 0 Å². The van der Waals surface area contributed by atoms with Gasteiger partial charge in [-0.15, -0.1) is 0 Å². The topological polar surface area (TPSA) is 421 Å². The van der Waals surface area contributed by atoms with E-state index in [1.54, 1.807) is 104 Å². The van der Waals surface area contributed by atoms with Crippen molar-refractivity contribution in [2.75, 3.05) is 6.54 Å². The highest BCUT2D eigenvalue weighted by molar-refractivity contribution is 7.80. The number of aliphatic hydroxyl groups excluding tert-OH is 11. The molecule has 0 radical (unpaired) electrons. The van der Waals surface area contributed by atoms with Crippen molar-refractivity contribution in [1.29, 1.82) is 0 Å². The summed E-state index contributed by atoms with van der Waals surface area (Å²) in [5.74, 6) is -3.86. The number of rotatable bonds is 48. The highest BCUT2D eigenvalue weighted by Crippen LogP contribution is 2.22. The van der Waals surface area contributed by atoms with Crippen molar-refractivity contribution in [3.63, 3.8) is 0 Å². The van der Waals surface area contributed by atoms with E-state index in [1.807, 2.05) is 31.2 Å². The van der Waals surface area contributed by atoms with Crippen LogP contribution in [0.5, 0.6) is 0 Å². The molecule has 0 spiro atoms. The molecule has 1 aromatic heterocycles. The maximum absolute atomic E-state index is 13.1. The molecule has 1 heterocycles. The summed E-state index contributed by atoms with van der Waals surface area (Å²) in [6, 6.07) is 4.86. The number of aliphatic carboxylic acids is 1. The van der Waals surface area contributed by atoms with E-state index in [-0.39, 0.29) is 87.5 Å². The summed E-state index contributed by atoms with van der Waals surface area (Å²) in [6.07, 6.45) is 31.6. The number of carbonyl (C=O) groups is 3. The molecule has 1 amide bonds. The highest BCUT2D eigenvalue weighted by Gasteiger charge is 2.30. The van der Waals surface area contributed by atoms with Gasteiger partial charge in [-0.05, 0) is 83.3 Å². The van der Waals surface area contributed by atoms with Crippen molar-refractivity contribution in [3.05, 3.63) is 188 Å². The Morgan fingerprint density at radius 3 is 1.67 bits per heavy atom. The summed E-state index contributed by atoms with van der Waals surface area (Å²) in [4.78, 5) is 44.0. The van der Waals surface area contributed by atoms with Gasteiger partial charge < -0.3 is 67.0 Å². The summed E-state index contributed by atoms with van der Waals surface area (Å²) >= 11 is 0. The van der Waals surface area contributed by atoms with E-state index in [2.05, 4.69) is 15.3 Å². The van der Waals surface area contributed by atoms with Crippen molar-refractivity contribution in [3.8, 4) is 0 Å². The van der Waals surface area contributed by atoms with E-state index in [0.717, 1.165) is 12.8 Å². The second-order valence-electron chi connectivity index (χ2n) is 22.7. The monoisotopic (exact) mass is 1320 g/mol. The second-order valence-corrected chi connectivity index (χ2v) is 23.7. The fourth-order valence-corrected chi connectivity index (χ4v) is 9.34. The molecule has 23 nitrogen and oxygen atoms in total. The number of nitrogens with one attached hydrogen (secondary N) is 1. The van der Waals surface area contributed by atoms with Crippen molar-refractivity contribution in [1.82, 2.24) is 10.3 Å². The van der Waals surface area contributed by atoms with Crippen LogP contribution in [-0.2, 0) is 24.2 Å². The van der Waals surface area contributed by atoms with Gasteiger partial charge in [-0.1, -0.05) is 179 Å². The molecule has 0 saturated heterocycles. The van der Waals surface area contributed by atoms with Gasteiger partial charge in [-0.25, -0.2) is 8.98 Å². The Morgan fingerprint density at radius 1 is 0.602 bits per heavy atom. The first kappa shape index (κ1) is 84.3. The zero-order valence-corrected chi connectivity index (χ0v) is 54.5. The predicted octanol–water partition coefficient (Wildman–Crippen LogP) is 5.93. The molecule has 518 valence electrons. The van der Waals surface area contributed by atoms with Crippen LogP contribution < -0.4 is 11.1 Å². The molecule has 0 saturated carbocycles. The van der Waals surface area contributed by atoms with E-state index in [4.69, 9.17) is 15.0 Å². The molecule has 15 atom stereocenters. The Kier molecular flexibility index (Phi) is 45.1. The van der Waals surface area contributed by atoms with Gasteiger partial charge >= 0.3 is 16.4 Å². The first-order valence-corrected chi connectivity index (χ1v) is 32.5. The number of guanidine groups is 1. The first-order chi connectivity index (χ1) is 44.1. The molecule has 16 N–H and O–H groups in total. The predicted molar refractivity (Wildman–Crippen MR) is 359 cm³/mol. The Labute approximate surface area is 548 Å². The number of aliphatic imine (C=N–C) groups is 1. The number of hydrogen-bond acceptors (Lipinski definition) is 19. The summed E-state index contributed by atoms with van der Waals surface area (Å²) in [6.45, 7) is 6.79. The van der Waals surface area contributed by atoms with Crippen LogP contribution in [0.1, 0.15) is 128 Å². The molecule has 0 aliphatic heterocycles. The zero-order valence-electron chi connectivity index (χ0n) is 53.7. The van der Waals surface area contributed by atoms with Crippen molar-refractivity contribution in [2.45, 2.75) is 191 Å². The summed E-state index contributed by atoms with van der Waals surface area (Å²) in [5.41, 5.74) is 6.18. The lowest BCUT2D eigenvalue weighted by atomic mass is 9.88. The van der Waals surface area contributed by atoms with Crippen molar-refractivity contribution >= 4 is 34.0 Å². The van der Waals surface area contributed by atoms with Gasteiger partial charge in [0, 0.05) is 61.8 Å². The fraction of sp³-hybridized carbons (Fsp3) is 0.493. The van der Waals surface area contributed by atoms with Gasteiger partial charge in [0.2, 0.25) is 0 Å². The van der Waals surface area contributed by atoms with Crippen LogP contribution in [0, 0.1) is 17.8 Å². The van der Waals surface area contributed by atoms with Crippen LogP contribution in [0.4, 0.5) is 0 Å². The van der Waals surface area contributed by atoms with E-state index in [1.165, 1.54) is 68.6 Å². The molecule has 1 rings (SSSR count). The number of carbonyl (C=O) groups excluding carboxylic acids is 2. The molecule has 93 heavy (non-hydrogen) atoms. The number of unbranched alkanes of at least 4 members (excludes halogenated alkanes) is 1. The number of amides is 1. The largest absolute Gasteiger partial charge is 0.478 e. The van der Waals surface area contributed by atoms with Gasteiger partial charge in [0.25, 0.3) is 5.91 Å². The molecule has 1 aromatic rings. The van der Waals surface area contributed by atoms with Crippen LogP contribution in [0.3, 0.4) is 0 Å². The van der Waals surface area contributed by atoms with Gasteiger partial charge in [0.1, 0.15) is 11.5 Å². The third-order valence-electron chi connectivity index (χ3n) is 14.2. The summed E-state index contributed by atoms with van der Waals surface area (Å²) < 4.78 is 37.5. The average molecular weight is 1320 g/mol. The summed E-state index contributed by atoms with van der Waals surface area (Å²) in [7, 11) is -4.97. The number of carboxylic acids is 1. The molecule has 0 bridgehead atoms. The number of allylic oxidation sites excluding steroid dienone is 16. The summed E-state index contributed by atoms with van der Waals surface area (Å²) in [5, 5.41) is 126. The third kappa shape index (κ3) is 44.5. The average Bonchev–Trinajstić information content (AvgIpc) is 3.02. The molecular formula is C69H102N4O19S. The smallest absolute Gasteiger partial charge is 0.397 e. The number of Topliss-reactive ketones (excluding diaryl/α,β-unsaturated/α-hetero) is 1.